The van der Waals surface area contributed by atoms with Crippen LogP contribution in [0.4, 0.5) is 0 Å². The fourth-order valence-electron chi connectivity index (χ4n) is 6.44. The number of nitrogens with one attached hydrogen (secondary N) is 1. The van der Waals surface area contributed by atoms with E-state index < -0.39 is 10.0 Å². The standard InChI is InChI=1S/C19H33N3O3S/c1-26(24,25)20-3-2-4-21-5-7-22(8-6-21)18(23)19-12-15-9-16(13-19)11-17(10-15)14-19/h15-17,20H,2-14H2,1H3. The molecule has 5 fully saturated rings. The summed E-state index contributed by atoms with van der Waals surface area (Å²) in [5.41, 5.74) is -0.0175. The van der Waals surface area contributed by atoms with Gasteiger partial charge in [-0.25, -0.2) is 13.1 Å². The molecule has 4 saturated carbocycles. The van der Waals surface area contributed by atoms with E-state index in [0.29, 0.717) is 12.5 Å². The van der Waals surface area contributed by atoms with Gasteiger partial charge in [0.2, 0.25) is 15.9 Å². The topological polar surface area (TPSA) is 69.7 Å². The van der Waals surface area contributed by atoms with Gasteiger partial charge in [0.1, 0.15) is 0 Å². The fraction of sp³-hybridized carbons (Fsp3) is 0.947. The van der Waals surface area contributed by atoms with Gasteiger partial charge in [-0.3, -0.25) is 9.69 Å². The summed E-state index contributed by atoms with van der Waals surface area (Å²) in [6.45, 7) is 4.88. The van der Waals surface area contributed by atoms with Crippen molar-refractivity contribution in [2.24, 2.45) is 23.2 Å². The molecule has 5 rings (SSSR count). The minimum Gasteiger partial charge on any atom is -0.340 e. The maximum Gasteiger partial charge on any atom is 0.228 e. The maximum absolute atomic E-state index is 13.4. The molecule has 0 aromatic rings. The van der Waals surface area contributed by atoms with Gasteiger partial charge in [0.25, 0.3) is 0 Å². The van der Waals surface area contributed by atoms with Gasteiger partial charge < -0.3 is 4.90 Å². The largest absolute Gasteiger partial charge is 0.340 e. The van der Waals surface area contributed by atoms with Gasteiger partial charge in [-0.2, -0.15) is 0 Å². The van der Waals surface area contributed by atoms with E-state index >= 15 is 0 Å². The van der Waals surface area contributed by atoms with E-state index in [0.717, 1.165) is 76.2 Å². The Labute approximate surface area is 157 Å². The van der Waals surface area contributed by atoms with E-state index in [9.17, 15) is 13.2 Å². The first-order chi connectivity index (χ1) is 12.3. The summed E-state index contributed by atoms with van der Waals surface area (Å²) >= 11 is 0. The zero-order valence-electron chi connectivity index (χ0n) is 16.0. The Morgan fingerprint density at radius 3 is 2.04 bits per heavy atom. The van der Waals surface area contributed by atoms with Crippen molar-refractivity contribution in [3.63, 3.8) is 0 Å². The first-order valence-corrected chi connectivity index (χ1v) is 12.2. The van der Waals surface area contributed by atoms with Crippen molar-refractivity contribution in [2.45, 2.75) is 44.9 Å². The molecule has 26 heavy (non-hydrogen) atoms. The van der Waals surface area contributed by atoms with E-state index in [2.05, 4.69) is 14.5 Å². The Morgan fingerprint density at radius 1 is 1.00 bits per heavy atom. The lowest BCUT2D eigenvalue weighted by Crippen LogP contribution is -2.58. The third-order valence-electron chi connectivity index (χ3n) is 7.17. The summed E-state index contributed by atoms with van der Waals surface area (Å²) in [5, 5.41) is 0. The molecular weight excluding hydrogens is 350 g/mol. The van der Waals surface area contributed by atoms with Crippen LogP contribution in [0.25, 0.3) is 0 Å². The molecule has 4 aliphatic carbocycles. The van der Waals surface area contributed by atoms with E-state index in [1.165, 1.54) is 25.5 Å². The molecule has 0 atom stereocenters. The number of hydrogen-bond acceptors (Lipinski definition) is 4. The monoisotopic (exact) mass is 383 g/mol. The van der Waals surface area contributed by atoms with Crippen molar-refractivity contribution in [3.8, 4) is 0 Å². The van der Waals surface area contributed by atoms with Gasteiger partial charge >= 0.3 is 0 Å². The van der Waals surface area contributed by atoms with Crippen LogP contribution in [0.1, 0.15) is 44.9 Å². The second-order valence-electron chi connectivity index (χ2n) is 9.35. The van der Waals surface area contributed by atoms with Gasteiger partial charge in [0.05, 0.1) is 11.7 Å². The van der Waals surface area contributed by atoms with E-state index in [1.54, 1.807) is 0 Å². The molecule has 1 heterocycles. The van der Waals surface area contributed by atoms with Crippen LogP contribution in [0.15, 0.2) is 0 Å². The minimum absolute atomic E-state index is 0.0175. The number of hydrogen-bond donors (Lipinski definition) is 1. The fourth-order valence-corrected chi connectivity index (χ4v) is 6.96. The van der Waals surface area contributed by atoms with Crippen molar-refractivity contribution in [2.75, 3.05) is 45.5 Å². The van der Waals surface area contributed by atoms with Crippen molar-refractivity contribution in [1.82, 2.24) is 14.5 Å². The highest BCUT2D eigenvalue weighted by Crippen LogP contribution is 2.60. The predicted molar refractivity (Wildman–Crippen MR) is 101 cm³/mol. The molecular formula is C19H33N3O3S. The average Bonchev–Trinajstić information content (AvgIpc) is 2.57. The van der Waals surface area contributed by atoms with Gasteiger partial charge in [0.15, 0.2) is 0 Å². The second kappa shape index (κ2) is 7.06. The van der Waals surface area contributed by atoms with Crippen LogP contribution < -0.4 is 4.72 Å². The number of carbonyl (C=O) groups excluding carboxylic acids is 1. The zero-order valence-corrected chi connectivity index (χ0v) is 16.8. The van der Waals surface area contributed by atoms with E-state index in [1.807, 2.05) is 0 Å². The molecule has 0 spiro atoms. The Bertz CT molecular complexity index is 605. The van der Waals surface area contributed by atoms with Crippen LogP contribution in [0.3, 0.4) is 0 Å². The van der Waals surface area contributed by atoms with Gasteiger partial charge in [-0.05, 0) is 69.2 Å². The average molecular weight is 384 g/mol. The van der Waals surface area contributed by atoms with Crippen LogP contribution in [-0.2, 0) is 14.8 Å². The van der Waals surface area contributed by atoms with Gasteiger partial charge in [-0.1, -0.05) is 0 Å². The van der Waals surface area contributed by atoms with Crippen LogP contribution >= 0.6 is 0 Å². The van der Waals surface area contributed by atoms with Gasteiger partial charge in [-0.15, -0.1) is 0 Å². The van der Waals surface area contributed by atoms with Crippen LogP contribution in [-0.4, -0.2) is 69.6 Å². The Morgan fingerprint density at radius 2 is 1.54 bits per heavy atom. The highest BCUT2D eigenvalue weighted by molar-refractivity contribution is 7.88. The van der Waals surface area contributed by atoms with Crippen molar-refractivity contribution in [3.05, 3.63) is 0 Å². The number of rotatable bonds is 6. The van der Waals surface area contributed by atoms with E-state index in [4.69, 9.17) is 0 Å². The van der Waals surface area contributed by atoms with Crippen LogP contribution in [0, 0.1) is 23.2 Å². The Hall–Kier alpha value is -0.660. The molecule has 0 aromatic heterocycles. The molecule has 1 saturated heterocycles. The summed E-state index contributed by atoms with van der Waals surface area (Å²) in [6.07, 6.45) is 9.59. The lowest BCUT2D eigenvalue weighted by molar-refractivity contribution is -0.159. The number of nitrogens with zero attached hydrogens (tertiary/aromatic N) is 2. The summed E-state index contributed by atoms with van der Waals surface area (Å²) in [7, 11) is -3.09. The molecule has 0 aromatic carbocycles. The summed E-state index contributed by atoms with van der Waals surface area (Å²) < 4.78 is 24.7. The van der Waals surface area contributed by atoms with Gasteiger partial charge in [0, 0.05) is 32.7 Å². The maximum atomic E-state index is 13.4. The second-order valence-corrected chi connectivity index (χ2v) is 11.2. The summed E-state index contributed by atoms with van der Waals surface area (Å²) in [4.78, 5) is 17.9. The summed E-state index contributed by atoms with van der Waals surface area (Å²) in [5.74, 6) is 2.89. The number of carbonyl (C=O) groups is 1. The third kappa shape index (κ3) is 3.94. The van der Waals surface area contributed by atoms with Crippen LogP contribution in [0.2, 0.25) is 0 Å². The third-order valence-corrected chi connectivity index (χ3v) is 7.90. The smallest absolute Gasteiger partial charge is 0.228 e. The highest BCUT2D eigenvalue weighted by atomic mass is 32.2. The number of sulfonamides is 1. The Balaban J connectivity index is 1.25. The highest BCUT2D eigenvalue weighted by Gasteiger charge is 2.55. The minimum atomic E-state index is -3.09. The predicted octanol–water partition coefficient (Wildman–Crippen LogP) is 1.29. The quantitative estimate of drug-likeness (QED) is 0.702. The summed E-state index contributed by atoms with van der Waals surface area (Å²) in [6, 6.07) is 0. The molecule has 148 valence electrons. The SMILES string of the molecule is CS(=O)(=O)NCCCN1CCN(C(=O)C23CC4CC(CC(C4)C2)C3)CC1. The van der Waals surface area contributed by atoms with E-state index in [-0.39, 0.29) is 5.41 Å². The molecule has 5 aliphatic rings. The van der Waals surface area contributed by atoms with Crippen LogP contribution in [0.5, 0.6) is 0 Å². The molecule has 1 N–H and O–H groups in total. The zero-order chi connectivity index (χ0) is 18.4. The molecule has 6 nitrogen and oxygen atoms in total. The first-order valence-electron chi connectivity index (χ1n) is 10.3. The van der Waals surface area contributed by atoms with Crippen molar-refractivity contribution >= 4 is 15.9 Å². The number of piperazine rings is 1. The van der Waals surface area contributed by atoms with Crippen molar-refractivity contribution in [1.29, 1.82) is 0 Å². The number of amides is 1. The van der Waals surface area contributed by atoms with Crippen molar-refractivity contribution < 1.29 is 13.2 Å². The lowest BCUT2D eigenvalue weighted by atomic mass is 9.49. The molecule has 0 radical (unpaired) electrons. The first kappa shape index (κ1) is 18.7. The normalized spacial score (nSPS) is 37.3. The molecule has 0 unspecified atom stereocenters. The molecule has 1 amide bonds. The Kier molecular flexibility index (Phi) is 5.07. The molecule has 1 aliphatic heterocycles. The molecule has 4 bridgehead atoms. The lowest BCUT2D eigenvalue weighted by Gasteiger charge is -2.57. The molecule has 7 heteroatoms.